The van der Waals surface area contributed by atoms with Crippen LogP contribution in [0.25, 0.3) is 0 Å². The Morgan fingerprint density at radius 3 is 2.14 bits per heavy atom. The molecule has 226 valence electrons. The van der Waals surface area contributed by atoms with Gasteiger partial charge in [-0.05, 0) is 17.5 Å². The SMILES string of the molecule is CC(C)(C)C(=O)N[C@H](COCc1ccccc1)C(=O)N1CCC2(Cc3ccccc3)C(=O)N(CC(F)(F)F)C(=O)N2C1. The lowest BCUT2D eigenvalue weighted by Gasteiger charge is -2.45. The predicted molar refractivity (Wildman–Crippen MR) is 147 cm³/mol. The Kier molecular flexibility index (Phi) is 8.95. The van der Waals surface area contributed by atoms with E-state index >= 15 is 0 Å². The number of fused-ring (bicyclic) bond motifs is 1. The van der Waals surface area contributed by atoms with Crippen molar-refractivity contribution in [2.24, 2.45) is 5.41 Å². The first-order valence-electron chi connectivity index (χ1n) is 13.7. The first-order chi connectivity index (χ1) is 19.7. The minimum absolute atomic E-state index is 0.000817. The second-order valence-corrected chi connectivity index (χ2v) is 11.7. The number of amides is 5. The number of carbonyl (C=O) groups is 4. The van der Waals surface area contributed by atoms with E-state index in [1.54, 1.807) is 51.1 Å². The van der Waals surface area contributed by atoms with Crippen molar-refractivity contribution in [1.82, 2.24) is 20.0 Å². The smallest absolute Gasteiger partial charge is 0.374 e. The molecule has 2 atom stereocenters. The molecule has 4 rings (SSSR count). The lowest BCUT2D eigenvalue weighted by Crippen LogP contribution is -2.64. The summed E-state index contributed by atoms with van der Waals surface area (Å²) >= 11 is 0. The van der Waals surface area contributed by atoms with Crippen molar-refractivity contribution in [2.45, 2.75) is 58.0 Å². The summed E-state index contributed by atoms with van der Waals surface area (Å²) < 4.78 is 45.9. The highest BCUT2D eigenvalue weighted by Gasteiger charge is 2.61. The van der Waals surface area contributed by atoms with Crippen molar-refractivity contribution in [3.8, 4) is 0 Å². The van der Waals surface area contributed by atoms with Crippen LogP contribution in [0.3, 0.4) is 0 Å². The van der Waals surface area contributed by atoms with E-state index in [0.717, 1.165) is 10.5 Å². The molecule has 42 heavy (non-hydrogen) atoms. The fourth-order valence-electron chi connectivity index (χ4n) is 5.11. The fraction of sp³-hybridized carbons (Fsp3) is 0.467. The minimum atomic E-state index is -4.79. The van der Waals surface area contributed by atoms with E-state index in [1.807, 2.05) is 30.3 Å². The third-order valence-electron chi connectivity index (χ3n) is 7.40. The molecule has 0 bridgehead atoms. The van der Waals surface area contributed by atoms with Gasteiger partial charge < -0.3 is 15.0 Å². The Balaban J connectivity index is 1.57. The van der Waals surface area contributed by atoms with Gasteiger partial charge in [0.2, 0.25) is 11.8 Å². The predicted octanol–water partition coefficient (Wildman–Crippen LogP) is 3.73. The summed E-state index contributed by atoms with van der Waals surface area (Å²) in [7, 11) is 0. The van der Waals surface area contributed by atoms with Gasteiger partial charge in [0.05, 0.1) is 19.9 Å². The first-order valence-corrected chi connectivity index (χ1v) is 13.7. The summed E-state index contributed by atoms with van der Waals surface area (Å²) in [6.07, 6.45) is -4.86. The molecule has 12 heteroatoms. The van der Waals surface area contributed by atoms with Gasteiger partial charge in [-0.15, -0.1) is 0 Å². The third kappa shape index (κ3) is 6.92. The maximum Gasteiger partial charge on any atom is 0.406 e. The van der Waals surface area contributed by atoms with Gasteiger partial charge in [-0.3, -0.25) is 24.2 Å². The molecule has 2 saturated heterocycles. The first kappa shape index (κ1) is 31.0. The van der Waals surface area contributed by atoms with E-state index in [-0.39, 0.29) is 37.5 Å². The van der Waals surface area contributed by atoms with Crippen molar-refractivity contribution in [1.29, 1.82) is 0 Å². The van der Waals surface area contributed by atoms with Crippen LogP contribution >= 0.6 is 0 Å². The van der Waals surface area contributed by atoms with Gasteiger partial charge in [-0.2, -0.15) is 13.2 Å². The fourth-order valence-corrected chi connectivity index (χ4v) is 5.11. The number of imide groups is 1. The lowest BCUT2D eigenvalue weighted by molar-refractivity contribution is -0.157. The monoisotopic (exact) mass is 588 g/mol. The maximum atomic E-state index is 13.8. The molecular formula is C30H35F3N4O5. The molecule has 2 aromatic rings. The summed E-state index contributed by atoms with van der Waals surface area (Å²) in [6.45, 7) is 2.94. The highest BCUT2D eigenvalue weighted by molar-refractivity contribution is 6.07. The number of rotatable bonds is 9. The van der Waals surface area contributed by atoms with E-state index in [0.29, 0.717) is 5.56 Å². The number of urea groups is 1. The zero-order valence-corrected chi connectivity index (χ0v) is 23.8. The number of alkyl halides is 3. The molecule has 0 spiro atoms. The Labute approximate surface area is 242 Å². The van der Waals surface area contributed by atoms with Crippen LogP contribution in [0.4, 0.5) is 18.0 Å². The molecular weight excluding hydrogens is 553 g/mol. The Morgan fingerprint density at radius 1 is 0.976 bits per heavy atom. The molecule has 2 aliphatic rings. The highest BCUT2D eigenvalue weighted by Crippen LogP contribution is 2.39. The zero-order valence-electron chi connectivity index (χ0n) is 23.8. The summed E-state index contributed by atoms with van der Waals surface area (Å²) in [5.41, 5.74) is -0.864. The lowest BCUT2D eigenvalue weighted by atomic mass is 9.84. The van der Waals surface area contributed by atoms with Crippen LogP contribution in [0.1, 0.15) is 38.3 Å². The largest absolute Gasteiger partial charge is 0.406 e. The maximum absolute atomic E-state index is 13.8. The zero-order chi connectivity index (χ0) is 30.7. The van der Waals surface area contributed by atoms with Gasteiger partial charge in [0.1, 0.15) is 18.1 Å². The number of carbonyl (C=O) groups excluding carboxylic acids is 4. The van der Waals surface area contributed by atoms with E-state index in [4.69, 9.17) is 4.74 Å². The number of nitrogens with zero attached hydrogens (tertiary/aromatic N) is 3. The second kappa shape index (κ2) is 12.1. The van der Waals surface area contributed by atoms with Gasteiger partial charge in [0.15, 0.2) is 0 Å². The molecule has 1 N–H and O–H groups in total. The number of nitrogens with one attached hydrogen (secondary N) is 1. The summed E-state index contributed by atoms with van der Waals surface area (Å²) in [5, 5.41) is 2.72. The third-order valence-corrected chi connectivity index (χ3v) is 7.40. The molecule has 0 saturated carbocycles. The Bertz CT molecular complexity index is 1300. The van der Waals surface area contributed by atoms with Crippen LogP contribution in [0.15, 0.2) is 60.7 Å². The Hall–Kier alpha value is -3.93. The molecule has 2 aromatic carbocycles. The molecule has 1 unspecified atom stereocenters. The van der Waals surface area contributed by atoms with Crippen LogP contribution in [0.2, 0.25) is 0 Å². The van der Waals surface area contributed by atoms with E-state index in [2.05, 4.69) is 5.32 Å². The molecule has 0 radical (unpaired) electrons. The number of hydrogen-bond acceptors (Lipinski definition) is 5. The summed E-state index contributed by atoms with van der Waals surface area (Å²) in [5.74, 6) is -1.91. The molecule has 2 fully saturated rings. The highest BCUT2D eigenvalue weighted by atomic mass is 19.4. The van der Waals surface area contributed by atoms with Crippen molar-refractivity contribution in [2.75, 3.05) is 26.4 Å². The normalized spacial score (nSPS) is 20.0. The van der Waals surface area contributed by atoms with Crippen molar-refractivity contribution in [3.63, 3.8) is 0 Å². The summed E-state index contributed by atoms with van der Waals surface area (Å²) in [4.78, 5) is 56.0. The quantitative estimate of drug-likeness (QED) is 0.451. The van der Waals surface area contributed by atoms with Crippen molar-refractivity contribution >= 4 is 23.8 Å². The summed E-state index contributed by atoms with van der Waals surface area (Å²) in [6, 6.07) is 15.7. The van der Waals surface area contributed by atoms with Gasteiger partial charge in [-0.25, -0.2) is 4.79 Å². The standard InChI is InChI=1S/C30H35F3N4O5/c1-28(2,3)25(39)34-23(18-42-17-22-12-8-5-9-13-22)24(38)35-15-14-29(16-21-10-6-4-7-11-21)26(40)36(19-30(31,32)33)27(41)37(29)20-35/h4-13,23H,14-20H2,1-3H3,(H,34,39)/t23-,29?/m1/s1. The molecule has 2 aliphatic heterocycles. The molecule has 0 aliphatic carbocycles. The van der Waals surface area contributed by atoms with Crippen LogP contribution in [0.5, 0.6) is 0 Å². The van der Waals surface area contributed by atoms with Crippen LogP contribution in [-0.2, 0) is 32.1 Å². The molecule has 5 amide bonds. The van der Waals surface area contributed by atoms with E-state index in [1.165, 1.54) is 4.90 Å². The van der Waals surface area contributed by atoms with Gasteiger partial charge in [-0.1, -0.05) is 81.4 Å². The van der Waals surface area contributed by atoms with Gasteiger partial charge in [0, 0.05) is 18.4 Å². The number of ether oxygens (including phenoxy) is 1. The second-order valence-electron chi connectivity index (χ2n) is 11.7. The molecule has 9 nitrogen and oxygen atoms in total. The average Bonchev–Trinajstić information content (AvgIpc) is 3.12. The van der Waals surface area contributed by atoms with Crippen LogP contribution < -0.4 is 5.32 Å². The number of halogens is 3. The number of hydrogen-bond donors (Lipinski definition) is 1. The minimum Gasteiger partial charge on any atom is -0.374 e. The van der Waals surface area contributed by atoms with E-state index < -0.39 is 60.1 Å². The topological polar surface area (TPSA) is 99.3 Å². The van der Waals surface area contributed by atoms with Gasteiger partial charge >= 0.3 is 12.2 Å². The Morgan fingerprint density at radius 2 is 1.57 bits per heavy atom. The van der Waals surface area contributed by atoms with Crippen molar-refractivity contribution in [3.05, 3.63) is 71.8 Å². The number of benzene rings is 2. The molecule has 2 heterocycles. The van der Waals surface area contributed by atoms with Crippen molar-refractivity contribution < 1.29 is 37.1 Å². The van der Waals surface area contributed by atoms with Crippen LogP contribution in [0, 0.1) is 5.41 Å². The van der Waals surface area contributed by atoms with E-state index in [9.17, 15) is 32.3 Å². The average molecular weight is 589 g/mol. The molecule has 0 aromatic heterocycles. The van der Waals surface area contributed by atoms with Gasteiger partial charge in [0.25, 0.3) is 5.91 Å². The van der Waals surface area contributed by atoms with Crippen LogP contribution in [-0.4, -0.2) is 82.6 Å².